The van der Waals surface area contributed by atoms with Crippen molar-refractivity contribution in [3.05, 3.63) is 29.8 Å². The molecule has 1 fully saturated rings. The highest BCUT2D eigenvalue weighted by Gasteiger charge is 2.28. The SMILES string of the molecule is CCN(C1CCCC1)C(C)C(=O)Nc1ccc(C#N)cc1. The van der Waals surface area contributed by atoms with E-state index < -0.39 is 0 Å². The van der Waals surface area contributed by atoms with Gasteiger partial charge in [0.25, 0.3) is 0 Å². The molecule has 0 saturated heterocycles. The van der Waals surface area contributed by atoms with Crippen LogP contribution in [0.5, 0.6) is 0 Å². The fourth-order valence-electron chi connectivity index (χ4n) is 3.11. The van der Waals surface area contributed by atoms with E-state index in [2.05, 4.69) is 23.2 Å². The Kier molecular flexibility index (Phi) is 5.35. The van der Waals surface area contributed by atoms with Crippen LogP contribution >= 0.6 is 0 Å². The normalized spacial score (nSPS) is 16.7. The first-order valence-corrected chi connectivity index (χ1v) is 7.72. The molecule has 1 N–H and O–H groups in total. The molecule has 0 aromatic heterocycles. The smallest absolute Gasteiger partial charge is 0.241 e. The standard InChI is InChI=1S/C17H23N3O/c1-3-20(16-6-4-5-7-16)13(2)17(21)19-15-10-8-14(12-18)9-11-15/h8-11,13,16H,3-7H2,1-2H3,(H,19,21). The van der Waals surface area contributed by atoms with Crippen LogP contribution in [0.2, 0.25) is 0 Å². The van der Waals surface area contributed by atoms with Gasteiger partial charge in [-0.1, -0.05) is 19.8 Å². The zero-order chi connectivity index (χ0) is 15.2. The van der Waals surface area contributed by atoms with E-state index in [0.717, 1.165) is 12.2 Å². The summed E-state index contributed by atoms with van der Waals surface area (Å²) in [6.45, 7) is 4.98. The van der Waals surface area contributed by atoms with Crippen LogP contribution in [0.3, 0.4) is 0 Å². The number of nitriles is 1. The predicted molar refractivity (Wildman–Crippen MR) is 83.9 cm³/mol. The summed E-state index contributed by atoms with van der Waals surface area (Å²) in [6, 6.07) is 9.46. The molecule has 1 aliphatic rings. The number of rotatable bonds is 5. The van der Waals surface area contributed by atoms with Crippen molar-refractivity contribution in [1.29, 1.82) is 5.26 Å². The number of nitrogens with zero attached hydrogens (tertiary/aromatic N) is 2. The maximum absolute atomic E-state index is 12.4. The number of anilines is 1. The number of amides is 1. The minimum absolute atomic E-state index is 0.0217. The molecule has 1 saturated carbocycles. The van der Waals surface area contributed by atoms with Crippen LogP contribution < -0.4 is 5.32 Å². The second-order valence-corrected chi connectivity index (χ2v) is 5.62. The van der Waals surface area contributed by atoms with Gasteiger partial charge in [0.2, 0.25) is 5.91 Å². The topological polar surface area (TPSA) is 56.1 Å². The summed E-state index contributed by atoms with van der Waals surface area (Å²) in [6.07, 6.45) is 4.93. The Morgan fingerprint density at radius 1 is 1.38 bits per heavy atom. The van der Waals surface area contributed by atoms with Gasteiger partial charge in [0.05, 0.1) is 17.7 Å². The van der Waals surface area contributed by atoms with Gasteiger partial charge in [0, 0.05) is 11.7 Å². The molecule has 0 spiro atoms. The van der Waals surface area contributed by atoms with E-state index in [9.17, 15) is 4.79 Å². The molecule has 21 heavy (non-hydrogen) atoms. The molecule has 1 unspecified atom stereocenters. The largest absolute Gasteiger partial charge is 0.325 e. The van der Waals surface area contributed by atoms with Crippen molar-refractivity contribution in [1.82, 2.24) is 4.90 Å². The van der Waals surface area contributed by atoms with Gasteiger partial charge in [0.15, 0.2) is 0 Å². The fraction of sp³-hybridized carbons (Fsp3) is 0.529. The molecular formula is C17H23N3O. The summed E-state index contributed by atoms with van der Waals surface area (Å²) in [5, 5.41) is 11.7. The van der Waals surface area contributed by atoms with E-state index in [4.69, 9.17) is 5.26 Å². The van der Waals surface area contributed by atoms with Crippen molar-refractivity contribution in [3.63, 3.8) is 0 Å². The fourth-order valence-corrected chi connectivity index (χ4v) is 3.11. The van der Waals surface area contributed by atoms with E-state index in [-0.39, 0.29) is 11.9 Å². The number of carbonyl (C=O) groups excluding carboxylic acids is 1. The molecule has 1 atom stereocenters. The summed E-state index contributed by atoms with van der Waals surface area (Å²) in [7, 11) is 0. The third kappa shape index (κ3) is 3.83. The molecule has 0 radical (unpaired) electrons. The lowest BCUT2D eigenvalue weighted by Gasteiger charge is -2.32. The third-order valence-electron chi connectivity index (χ3n) is 4.32. The first-order chi connectivity index (χ1) is 10.2. The zero-order valence-corrected chi connectivity index (χ0v) is 12.8. The molecule has 1 aromatic rings. The van der Waals surface area contributed by atoms with Crippen molar-refractivity contribution in [3.8, 4) is 6.07 Å². The minimum Gasteiger partial charge on any atom is -0.325 e. The number of benzene rings is 1. The van der Waals surface area contributed by atoms with Gasteiger partial charge in [-0.05, 0) is 50.6 Å². The highest BCUT2D eigenvalue weighted by molar-refractivity contribution is 5.94. The summed E-state index contributed by atoms with van der Waals surface area (Å²) in [5.41, 5.74) is 1.34. The molecule has 0 bridgehead atoms. The Labute approximate surface area is 126 Å². The quantitative estimate of drug-likeness (QED) is 0.904. The summed E-state index contributed by atoms with van der Waals surface area (Å²) in [4.78, 5) is 14.7. The maximum atomic E-state index is 12.4. The number of likely N-dealkylation sites (N-methyl/N-ethyl adjacent to an activating group) is 1. The van der Waals surface area contributed by atoms with Crippen LogP contribution in [0.15, 0.2) is 24.3 Å². The van der Waals surface area contributed by atoms with Gasteiger partial charge in [-0.25, -0.2) is 0 Å². The highest BCUT2D eigenvalue weighted by atomic mass is 16.2. The van der Waals surface area contributed by atoms with Crippen LogP contribution in [0.1, 0.15) is 45.1 Å². The monoisotopic (exact) mass is 285 g/mol. The molecule has 1 aromatic carbocycles. The minimum atomic E-state index is -0.131. The van der Waals surface area contributed by atoms with Gasteiger partial charge < -0.3 is 5.32 Å². The van der Waals surface area contributed by atoms with Crippen molar-refractivity contribution in [2.75, 3.05) is 11.9 Å². The van der Waals surface area contributed by atoms with Gasteiger partial charge in [0.1, 0.15) is 0 Å². The maximum Gasteiger partial charge on any atom is 0.241 e. The molecule has 112 valence electrons. The van der Waals surface area contributed by atoms with Gasteiger partial charge in [-0.15, -0.1) is 0 Å². The van der Waals surface area contributed by atoms with Crippen LogP contribution in [0.4, 0.5) is 5.69 Å². The van der Waals surface area contributed by atoms with Gasteiger partial charge in [-0.2, -0.15) is 5.26 Å². The Hall–Kier alpha value is -1.86. The molecule has 1 amide bonds. The Bertz CT molecular complexity index is 512. The molecular weight excluding hydrogens is 262 g/mol. The number of carbonyl (C=O) groups is 1. The van der Waals surface area contributed by atoms with Crippen LogP contribution in [-0.4, -0.2) is 29.4 Å². The highest BCUT2D eigenvalue weighted by Crippen LogP contribution is 2.25. The second kappa shape index (κ2) is 7.24. The van der Waals surface area contributed by atoms with E-state index in [0.29, 0.717) is 11.6 Å². The van der Waals surface area contributed by atoms with Crippen molar-refractivity contribution in [2.45, 2.75) is 51.6 Å². The molecule has 0 aliphatic heterocycles. The summed E-state index contributed by atoms with van der Waals surface area (Å²) < 4.78 is 0. The predicted octanol–water partition coefficient (Wildman–Crippen LogP) is 3.15. The summed E-state index contributed by atoms with van der Waals surface area (Å²) >= 11 is 0. The van der Waals surface area contributed by atoms with Crippen LogP contribution in [-0.2, 0) is 4.79 Å². The molecule has 4 nitrogen and oxygen atoms in total. The molecule has 4 heteroatoms. The van der Waals surface area contributed by atoms with Crippen LogP contribution in [0.25, 0.3) is 0 Å². The van der Waals surface area contributed by atoms with Gasteiger partial charge >= 0.3 is 0 Å². The number of hydrogen-bond acceptors (Lipinski definition) is 3. The van der Waals surface area contributed by atoms with Crippen molar-refractivity contribution >= 4 is 11.6 Å². The average Bonchev–Trinajstić information content (AvgIpc) is 3.02. The number of hydrogen-bond donors (Lipinski definition) is 1. The zero-order valence-electron chi connectivity index (χ0n) is 12.8. The van der Waals surface area contributed by atoms with E-state index in [1.807, 2.05) is 6.92 Å². The first kappa shape index (κ1) is 15.5. The Morgan fingerprint density at radius 2 is 2.00 bits per heavy atom. The lowest BCUT2D eigenvalue weighted by molar-refractivity contribution is -0.121. The second-order valence-electron chi connectivity index (χ2n) is 5.62. The average molecular weight is 285 g/mol. The molecule has 1 aliphatic carbocycles. The first-order valence-electron chi connectivity index (χ1n) is 7.72. The summed E-state index contributed by atoms with van der Waals surface area (Å²) in [5.74, 6) is 0.0217. The molecule has 2 rings (SSSR count). The third-order valence-corrected chi connectivity index (χ3v) is 4.32. The molecule has 0 heterocycles. The van der Waals surface area contributed by atoms with Crippen molar-refractivity contribution in [2.24, 2.45) is 0 Å². The van der Waals surface area contributed by atoms with E-state index >= 15 is 0 Å². The number of nitrogens with one attached hydrogen (secondary N) is 1. The Balaban J connectivity index is 1.98. The van der Waals surface area contributed by atoms with E-state index in [1.165, 1.54) is 25.7 Å². The van der Waals surface area contributed by atoms with Gasteiger partial charge in [-0.3, -0.25) is 9.69 Å². The van der Waals surface area contributed by atoms with E-state index in [1.54, 1.807) is 24.3 Å². The van der Waals surface area contributed by atoms with Crippen LogP contribution in [0, 0.1) is 11.3 Å². The Morgan fingerprint density at radius 3 is 2.52 bits per heavy atom. The lowest BCUT2D eigenvalue weighted by atomic mass is 10.1. The van der Waals surface area contributed by atoms with Crippen molar-refractivity contribution < 1.29 is 4.79 Å². The lowest BCUT2D eigenvalue weighted by Crippen LogP contribution is -2.46.